The van der Waals surface area contributed by atoms with Crippen LogP contribution in [0.2, 0.25) is 0 Å². The van der Waals surface area contributed by atoms with Gasteiger partial charge in [0, 0.05) is 22.6 Å². The van der Waals surface area contributed by atoms with Gasteiger partial charge in [0.05, 0.1) is 18.4 Å². The van der Waals surface area contributed by atoms with Crippen LogP contribution in [0.3, 0.4) is 0 Å². The Kier molecular flexibility index (Phi) is 7.26. The van der Waals surface area contributed by atoms with Crippen molar-refractivity contribution in [3.63, 3.8) is 0 Å². The predicted molar refractivity (Wildman–Crippen MR) is 133 cm³/mol. The third kappa shape index (κ3) is 5.59. The van der Waals surface area contributed by atoms with E-state index in [0.29, 0.717) is 18.9 Å². The smallest absolute Gasteiger partial charge is 0.338 e. The van der Waals surface area contributed by atoms with Gasteiger partial charge in [0.1, 0.15) is 28.2 Å². The number of carboxylic acids is 1. The number of sulfonamides is 1. The van der Waals surface area contributed by atoms with Crippen molar-refractivity contribution in [2.24, 2.45) is 5.41 Å². The molecule has 1 fully saturated rings. The lowest BCUT2D eigenvalue weighted by Gasteiger charge is -2.34. The summed E-state index contributed by atoms with van der Waals surface area (Å²) >= 11 is 0.871. The summed E-state index contributed by atoms with van der Waals surface area (Å²) < 4.78 is 77.1. The third-order valence-corrected chi connectivity index (χ3v) is 8.88. The minimum atomic E-state index is -4.37. The molecule has 0 amide bonds. The summed E-state index contributed by atoms with van der Waals surface area (Å²) in [6.45, 7) is 4.28. The van der Waals surface area contributed by atoms with Crippen LogP contribution in [-0.4, -0.2) is 31.6 Å². The molecule has 198 valence electrons. The highest BCUT2D eigenvalue weighted by Crippen LogP contribution is 2.44. The molecule has 0 unspecified atom stereocenters. The number of thiazole rings is 1. The van der Waals surface area contributed by atoms with E-state index in [0.717, 1.165) is 42.4 Å². The molecule has 2 N–H and O–H groups in total. The first-order valence-corrected chi connectivity index (χ1v) is 13.8. The Morgan fingerprint density at radius 1 is 1.11 bits per heavy atom. The van der Waals surface area contributed by atoms with Crippen molar-refractivity contribution < 1.29 is 36.2 Å². The maximum Gasteiger partial charge on any atom is 0.338 e. The predicted octanol–water partition coefficient (Wildman–Crippen LogP) is 6.42. The van der Waals surface area contributed by atoms with Crippen molar-refractivity contribution >= 4 is 33.0 Å². The van der Waals surface area contributed by atoms with Crippen LogP contribution in [0.4, 0.5) is 18.9 Å². The Hall–Kier alpha value is -3.12. The Morgan fingerprint density at radius 2 is 1.73 bits per heavy atom. The van der Waals surface area contributed by atoms with E-state index >= 15 is 8.78 Å². The Morgan fingerprint density at radius 3 is 2.30 bits per heavy atom. The number of benzene rings is 2. The number of aromatic nitrogens is 1. The van der Waals surface area contributed by atoms with Gasteiger partial charge < -0.3 is 9.84 Å². The Labute approximate surface area is 216 Å². The van der Waals surface area contributed by atoms with E-state index in [4.69, 9.17) is 9.84 Å². The average molecular weight is 555 g/mol. The molecule has 0 atom stereocenters. The molecular formula is C25H25F3N2O5S2. The molecule has 0 saturated heterocycles. The molecule has 4 rings (SSSR count). The summed E-state index contributed by atoms with van der Waals surface area (Å²) in [5.41, 5.74) is -0.745. The topological polar surface area (TPSA) is 106 Å². The number of carbonyl (C=O) groups is 1. The van der Waals surface area contributed by atoms with Crippen LogP contribution in [0.5, 0.6) is 5.75 Å². The lowest BCUT2D eigenvalue weighted by atomic mass is 9.71. The molecule has 0 bridgehead atoms. The SMILES string of the molecule is COc1cc(C(=O)O)c(F)cc1NS(=O)(=O)c1csc(-c2cc(F)c(C3CCC(C)(C)CC3)c(F)c2)n1. The molecule has 0 radical (unpaired) electrons. The lowest BCUT2D eigenvalue weighted by molar-refractivity contribution is 0.0691. The summed E-state index contributed by atoms with van der Waals surface area (Å²) in [6.07, 6.45) is 3.10. The molecule has 1 aliphatic carbocycles. The first-order chi connectivity index (χ1) is 17.3. The normalized spacial score (nSPS) is 15.9. The van der Waals surface area contributed by atoms with E-state index in [-0.39, 0.29) is 38.9 Å². The van der Waals surface area contributed by atoms with Gasteiger partial charge in [-0.25, -0.2) is 22.9 Å². The minimum Gasteiger partial charge on any atom is -0.495 e. The monoisotopic (exact) mass is 554 g/mol. The van der Waals surface area contributed by atoms with Crippen LogP contribution in [0.1, 0.15) is 61.4 Å². The maximum absolute atomic E-state index is 15.0. The Balaban J connectivity index is 1.60. The van der Waals surface area contributed by atoms with Crippen LogP contribution in [0, 0.1) is 22.9 Å². The number of ether oxygens (including phenoxy) is 1. The molecule has 1 aliphatic rings. The van der Waals surface area contributed by atoms with Crippen molar-refractivity contribution in [1.82, 2.24) is 4.98 Å². The molecule has 2 aromatic carbocycles. The summed E-state index contributed by atoms with van der Waals surface area (Å²) in [7, 11) is -3.21. The number of methoxy groups -OCH3 is 1. The molecule has 7 nitrogen and oxygen atoms in total. The molecule has 0 spiro atoms. The highest BCUT2D eigenvalue weighted by atomic mass is 32.2. The zero-order valence-corrected chi connectivity index (χ0v) is 21.9. The van der Waals surface area contributed by atoms with Gasteiger partial charge in [-0.3, -0.25) is 4.72 Å². The molecule has 37 heavy (non-hydrogen) atoms. The largest absolute Gasteiger partial charge is 0.495 e. The van der Waals surface area contributed by atoms with Gasteiger partial charge in [0.2, 0.25) is 0 Å². The fraction of sp³-hybridized carbons (Fsp3) is 0.360. The Bertz CT molecular complexity index is 1440. The van der Waals surface area contributed by atoms with Crippen LogP contribution in [-0.2, 0) is 10.0 Å². The molecule has 1 saturated carbocycles. The number of anilines is 1. The van der Waals surface area contributed by atoms with Crippen molar-refractivity contribution in [2.75, 3.05) is 11.8 Å². The molecule has 1 aromatic heterocycles. The molecule has 1 heterocycles. The number of nitrogens with one attached hydrogen (secondary N) is 1. The van der Waals surface area contributed by atoms with Gasteiger partial charge in [0.15, 0.2) is 5.03 Å². The van der Waals surface area contributed by atoms with Crippen LogP contribution in [0.15, 0.2) is 34.7 Å². The van der Waals surface area contributed by atoms with Crippen molar-refractivity contribution in [3.05, 3.63) is 58.2 Å². The van der Waals surface area contributed by atoms with Crippen molar-refractivity contribution in [3.8, 4) is 16.3 Å². The van der Waals surface area contributed by atoms with Crippen molar-refractivity contribution in [1.29, 1.82) is 0 Å². The van der Waals surface area contributed by atoms with Gasteiger partial charge in [-0.15, -0.1) is 11.3 Å². The summed E-state index contributed by atoms with van der Waals surface area (Å²) in [5.74, 6) is -4.55. The number of carboxylic acid groups (broad SMARTS) is 1. The van der Waals surface area contributed by atoms with E-state index in [1.54, 1.807) is 0 Å². The van der Waals surface area contributed by atoms with Gasteiger partial charge in [0.25, 0.3) is 10.0 Å². The van der Waals surface area contributed by atoms with E-state index in [2.05, 4.69) is 23.6 Å². The van der Waals surface area contributed by atoms with E-state index in [1.165, 1.54) is 12.5 Å². The fourth-order valence-electron chi connectivity index (χ4n) is 4.46. The van der Waals surface area contributed by atoms with Gasteiger partial charge >= 0.3 is 5.97 Å². The highest BCUT2D eigenvalue weighted by molar-refractivity contribution is 7.92. The van der Waals surface area contributed by atoms with Crippen LogP contribution in [0.25, 0.3) is 10.6 Å². The number of halogens is 3. The molecular weight excluding hydrogens is 529 g/mol. The minimum absolute atomic E-state index is 0.0456. The van der Waals surface area contributed by atoms with E-state index < -0.39 is 44.0 Å². The van der Waals surface area contributed by atoms with Gasteiger partial charge in [-0.1, -0.05) is 13.8 Å². The maximum atomic E-state index is 15.0. The zero-order chi connectivity index (χ0) is 27.1. The van der Waals surface area contributed by atoms with Crippen LogP contribution >= 0.6 is 11.3 Å². The number of hydrogen-bond acceptors (Lipinski definition) is 6. The average Bonchev–Trinajstić information content (AvgIpc) is 3.31. The lowest BCUT2D eigenvalue weighted by Crippen LogP contribution is -2.21. The standard InChI is InChI=1S/C25H25F3N2O5S2/c1-25(2)6-4-13(5-7-25)22-17(27)8-14(9-18(22)28)23-29-21(12-36-23)37(33,34)30-19-11-16(26)15(24(31)32)10-20(19)35-3/h8-13,30H,4-7H2,1-3H3,(H,31,32). The first-order valence-electron chi connectivity index (χ1n) is 11.4. The molecule has 12 heteroatoms. The molecule has 3 aromatic rings. The number of rotatable bonds is 7. The summed E-state index contributed by atoms with van der Waals surface area (Å²) in [5, 5.41) is 9.85. The zero-order valence-electron chi connectivity index (χ0n) is 20.3. The van der Waals surface area contributed by atoms with E-state index in [9.17, 15) is 17.6 Å². The highest BCUT2D eigenvalue weighted by Gasteiger charge is 2.31. The number of aromatic carboxylic acids is 1. The summed E-state index contributed by atoms with van der Waals surface area (Å²) in [6, 6.07) is 3.85. The second kappa shape index (κ2) is 9.97. The van der Waals surface area contributed by atoms with Gasteiger partial charge in [-0.05, 0) is 55.2 Å². The van der Waals surface area contributed by atoms with Gasteiger partial charge in [-0.2, -0.15) is 8.42 Å². The van der Waals surface area contributed by atoms with Crippen molar-refractivity contribution in [2.45, 2.75) is 50.5 Å². The second-order valence-electron chi connectivity index (χ2n) is 9.73. The first kappa shape index (κ1) is 26.9. The van der Waals surface area contributed by atoms with E-state index in [1.807, 2.05) is 0 Å². The third-order valence-electron chi connectivity index (χ3n) is 6.60. The second-order valence-corrected chi connectivity index (χ2v) is 12.2. The number of hydrogen-bond donors (Lipinski definition) is 2. The van der Waals surface area contributed by atoms with Crippen LogP contribution < -0.4 is 9.46 Å². The summed E-state index contributed by atoms with van der Waals surface area (Å²) in [4.78, 5) is 15.2. The quantitative estimate of drug-likeness (QED) is 0.349. The number of nitrogens with zero attached hydrogens (tertiary/aromatic N) is 1. The molecule has 0 aliphatic heterocycles. The fourth-order valence-corrected chi connectivity index (χ4v) is 6.61.